The van der Waals surface area contributed by atoms with Crippen LogP contribution in [0.4, 0.5) is 0 Å². The number of aromatic hydroxyl groups is 1. The van der Waals surface area contributed by atoms with E-state index in [9.17, 15) is 14.7 Å². The van der Waals surface area contributed by atoms with E-state index in [0.717, 1.165) is 16.5 Å². The van der Waals surface area contributed by atoms with Crippen LogP contribution in [0.25, 0.3) is 10.9 Å². The molecule has 9 heteroatoms. The Morgan fingerprint density at radius 3 is 2.43 bits per heavy atom. The second-order valence-electron chi connectivity index (χ2n) is 8.62. The fourth-order valence-corrected chi connectivity index (χ4v) is 4.55. The molecule has 0 aliphatic heterocycles. The van der Waals surface area contributed by atoms with Crippen molar-refractivity contribution in [1.29, 1.82) is 0 Å². The van der Waals surface area contributed by atoms with Gasteiger partial charge in [-0.25, -0.2) is 4.79 Å². The molecule has 194 valence electrons. The summed E-state index contributed by atoms with van der Waals surface area (Å²) in [4.78, 5) is 29.2. The number of para-hydroxylation sites is 1. The molecule has 0 saturated carbocycles. The Balaban J connectivity index is 1.62. The highest BCUT2D eigenvalue weighted by molar-refractivity contribution is 5.83. The monoisotopic (exact) mass is 506 g/mol. The van der Waals surface area contributed by atoms with Crippen LogP contribution in [0.5, 0.6) is 23.0 Å². The number of nitrogens with one attached hydrogen (secondary N) is 2. The molecule has 1 atom stereocenters. The maximum Gasteiger partial charge on any atom is 0.343 e. The van der Waals surface area contributed by atoms with Crippen molar-refractivity contribution in [3.8, 4) is 23.0 Å². The standard InChI is InChI=1S/C28H30N2O7/c1-16-11-22(31)26(28(33)37-16)20(18-12-23(34-2)27(36-4)24(13-18)35-3)14-25(32)29-10-9-17-15-30-21-8-6-5-7-19(17)21/h5-8,11-13,15,20,30-31H,9-10,14H2,1-4H3,(H,29,32)/t20-/m1/s1. The van der Waals surface area contributed by atoms with Crippen LogP contribution in [0.2, 0.25) is 0 Å². The number of benzene rings is 2. The molecule has 37 heavy (non-hydrogen) atoms. The van der Waals surface area contributed by atoms with E-state index < -0.39 is 11.5 Å². The average Bonchev–Trinajstić information content (AvgIpc) is 3.29. The third kappa shape index (κ3) is 5.40. The van der Waals surface area contributed by atoms with Crippen LogP contribution in [0.3, 0.4) is 0 Å². The number of amides is 1. The first-order valence-corrected chi connectivity index (χ1v) is 11.8. The van der Waals surface area contributed by atoms with E-state index in [1.165, 1.54) is 27.4 Å². The van der Waals surface area contributed by atoms with Gasteiger partial charge in [-0.05, 0) is 42.7 Å². The van der Waals surface area contributed by atoms with Crippen LogP contribution in [-0.4, -0.2) is 43.9 Å². The second kappa shape index (κ2) is 11.1. The number of carbonyl (C=O) groups excluding carboxylic acids is 1. The second-order valence-corrected chi connectivity index (χ2v) is 8.62. The number of carbonyl (C=O) groups is 1. The highest BCUT2D eigenvalue weighted by atomic mass is 16.5. The summed E-state index contributed by atoms with van der Waals surface area (Å²) < 4.78 is 21.6. The SMILES string of the molecule is COc1cc([C@@H](CC(=O)NCCc2c[nH]c3ccccc23)c2c(O)cc(C)oc2=O)cc(OC)c1OC. The van der Waals surface area contributed by atoms with Gasteiger partial charge >= 0.3 is 5.63 Å². The number of hydrogen-bond donors (Lipinski definition) is 3. The third-order valence-corrected chi connectivity index (χ3v) is 6.31. The molecule has 1 amide bonds. The number of hydrogen-bond acceptors (Lipinski definition) is 7. The number of ether oxygens (including phenoxy) is 3. The molecule has 0 radical (unpaired) electrons. The fourth-order valence-electron chi connectivity index (χ4n) is 4.55. The molecular weight excluding hydrogens is 476 g/mol. The Hall–Kier alpha value is -4.40. The summed E-state index contributed by atoms with van der Waals surface area (Å²) in [6.07, 6.45) is 2.45. The molecule has 2 aromatic heterocycles. The number of methoxy groups -OCH3 is 3. The average molecular weight is 507 g/mol. The van der Waals surface area contributed by atoms with E-state index >= 15 is 0 Å². The largest absolute Gasteiger partial charge is 0.507 e. The molecule has 0 spiro atoms. The quantitative estimate of drug-likeness (QED) is 0.297. The van der Waals surface area contributed by atoms with Crippen molar-refractivity contribution in [1.82, 2.24) is 10.3 Å². The van der Waals surface area contributed by atoms with Gasteiger partial charge in [0, 0.05) is 42.0 Å². The van der Waals surface area contributed by atoms with Gasteiger partial charge in [0.05, 0.1) is 26.9 Å². The maximum atomic E-state index is 13.1. The van der Waals surface area contributed by atoms with E-state index in [1.54, 1.807) is 19.1 Å². The van der Waals surface area contributed by atoms with E-state index in [-0.39, 0.29) is 29.4 Å². The highest BCUT2D eigenvalue weighted by Crippen LogP contribution is 2.43. The lowest BCUT2D eigenvalue weighted by Gasteiger charge is -2.21. The molecule has 0 saturated heterocycles. The van der Waals surface area contributed by atoms with Crippen LogP contribution < -0.4 is 25.2 Å². The van der Waals surface area contributed by atoms with Crippen molar-refractivity contribution >= 4 is 16.8 Å². The normalized spacial score (nSPS) is 11.8. The molecule has 0 unspecified atom stereocenters. The summed E-state index contributed by atoms with van der Waals surface area (Å²) in [6.45, 7) is 1.97. The predicted octanol–water partition coefficient (Wildman–Crippen LogP) is 4.04. The molecule has 0 aliphatic rings. The Morgan fingerprint density at radius 2 is 1.78 bits per heavy atom. The zero-order valence-electron chi connectivity index (χ0n) is 21.2. The molecule has 4 aromatic rings. The van der Waals surface area contributed by atoms with Crippen LogP contribution in [-0.2, 0) is 11.2 Å². The van der Waals surface area contributed by atoms with Crippen LogP contribution in [0.15, 0.2) is 57.9 Å². The van der Waals surface area contributed by atoms with Crippen LogP contribution in [0, 0.1) is 6.92 Å². The summed E-state index contributed by atoms with van der Waals surface area (Å²) in [5.41, 5.74) is 1.91. The van der Waals surface area contributed by atoms with Crippen molar-refractivity contribution in [2.45, 2.75) is 25.7 Å². The number of rotatable bonds is 10. The minimum atomic E-state index is -0.835. The lowest BCUT2D eigenvalue weighted by Crippen LogP contribution is -2.28. The smallest absolute Gasteiger partial charge is 0.343 e. The van der Waals surface area contributed by atoms with Crippen molar-refractivity contribution in [2.75, 3.05) is 27.9 Å². The molecule has 3 N–H and O–H groups in total. The lowest BCUT2D eigenvalue weighted by molar-refractivity contribution is -0.121. The van der Waals surface area contributed by atoms with Gasteiger partial charge in [-0.1, -0.05) is 18.2 Å². The minimum absolute atomic E-state index is 0.0216. The molecule has 4 rings (SSSR count). The zero-order valence-corrected chi connectivity index (χ0v) is 21.2. The third-order valence-electron chi connectivity index (χ3n) is 6.31. The molecule has 2 aromatic carbocycles. The van der Waals surface area contributed by atoms with Crippen molar-refractivity contribution in [3.05, 3.63) is 81.5 Å². The first-order valence-electron chi connectivity index (χ1n) is 11.8. The molecule has 0 aliphatic carbocycles. The molecular formula is C28H30N2O7. The van der Waals surface area contributed by atoms with E-state index in [2.05, 4.69) is 10.3 Å². The highest BCUT2D eigenvalue weighted by Gasteiger charge is 2.28. The minimum Gasteiger partial charge on any atom is -0.507 e. The number of aromatic amines is 1. The van der Waals surface area contributed by atoms with E-state index in [0.29, 0.717) is 35.8 Å². The predicted molar refractivity (Wildman–Crippen MR) is 139 cm³/mol. The summed E-state index contributed by atoms with van der Waals surface area (Å²) in [5, 5.41) is 14.7. The van der Waals surface area contributed by atoms with Crippen LogP contribution in [0.1, 0.15) is 34.8 Å². The van der Waals surface area contributed by atoms with E-state index in [1.807, 2.05) is 30.5 Å². The molecule has 9 nitrogen and oxygen atoms in total. The lowest BCUT2D eigenvalue weighted by atomic mass is 9.88. The first-order chi connectivity index (χ1) is 17.9. The number of fused-ring (bicyclic) bond motifs is 1. The van der Waals surface area contributed by atoms with Gasteiger partial charge in [-0.3, -0.25) is 4.79 Å². The molecule has 0 fully saturated rings. The van der Waals surface area contributed by atoms with Gasteiger partial charge in [0.25, 0.3) is 0 Å². The zero-order chi connectivity index (χ0) is 26.5. The fraction of sp³-hybridized carbons (Fsp3) is 0.286. The maximum absolute atomic E-state index is 13.1. The Kier molecular flexibility index (Phi) is 7.71. The van der Waals surface area contributed by atoms with Crippen molar-refractivity contribution < 1.29 is 28.5 Å². The van der Waals surface area contributed by atoms with E-state index in [4.69, 9.17) is 18.6 Å². The summed E-state index contributed by atoms with van der Waals surface area (Å²) >= 11 is 0. The number of aryl methyl sites for hydroxylation is 1. The summed E-state index contributed by atoms with van der Waals surface area (Å²) in [6, 6.07) is 12.6. The topological polar surface area (TPSA) is 123 Å². The van der Waals surface area contributed by atoms with Gasteiger partial charge in [0.1, 0.15) is 11.5 Å². The van der Waals surface area contributed by atoms with Crippen molar-refractivity contribution in [2.24, 2.45) is 0 Å². The van der Waals surface area contributed by atoms with Gasteiger partial charge < -0.3 is 34.0 Å². The van der Waals surface area contributed by atoms with Gasteiger partial charge in [-0.15, -0.1) is 0 Å². The van der Waals surface area contributed by atoms with Gasteiger partial charge in [0.15, 0.2) is 11.5 Å². The Labute approximate surface area is 214 Å². The van der Waals surface area contributed by atoms with Crippen LogP contribution >= 0.6 is 0 Å². The summed E-state index contributed by atoms with van der Waals surface area (Å²) in [5.74, 6) is -0.0280. The van der Waals surface area contributed by atoms with Gasteiger partial charge in [0.2, 0.25) is 11.7 Å². The number of H-pyrrole nitrogens is 1. The molecule has 2 heterocycles. The summed E-state index contributed by atoms with van der Waals surface area (Å²) in [7, 11) is 4.44. The Morgan fingerprint density at radius 1 is 1.08 bits per heavy atom. The van der Waals surface area contributed by atoms with Crippen molar-refractivity contribution in [3.63, 3.8) is 0 Å². The van der Waals surface area contributed by atoms with Gasteiger partial charge in [-0.2, -0.15) is 0 Å². The Bertz CT molecular complexity index is 1450. The first kappa shape index (κ1) is 25.7. The molecule has 0 bridgehead atoms. The number of aromatic nitrogens is 1.